The van der Waals surface area contributed by atoms with E-state index in [1.165, 1.54) is 0 Å². The Labute approximate surface area is 113 Å². The topological polar surface area (TPSA) is 55.4 Å². The second-order valence-electron chi connectivity index (χ2n) is 3.48. The van der Waals surface area contributed by atoms with Gasteiger partial charge in [-0.1, -0.05) is 17.7 Å². The molecule has 0 unspecified atom stereocenters. The van der Waals surface area contributed by atoms with Crippen LogP contribution in [0.1, 0.15) is 12.5 Å². The van der Waals surface area contributed by atoms with Crippen LogP contribution < -0.4 is 10.1 Å². The summed E-state index contributed by atoms with van der Waals surface area (Å²) in [7, 11) is 0. The minimum Gasteiger partial charge on any atom is -0.492 e. The summed E-state index contributed by atoms with van der Waals surface area (Å²) in [6.45, 7) is 2.41. The third kappa shape index (κ3) is 2.86. The van der Waals surface area contributed by atoms with Crippen LogP contribution in [0.15, 0.2) is 23.1 Å². The van der Waals surface area contributed by atoms with E-state index in [9.17, 15) is 9.59 Å². The number of nitrogens with one attached hydrogen (secondary N) is 1. The number of carbonyl (C=O) groups is 2. The lowest BCUT2D eigenvalue weighted by molar-refractivity contribution is -0.115. The molecule has 2 amide bonds. The van der Waals surface area contributed by atoms with Crippen molar-refractivity contribution in [3.63, 3.8) is 0 Å². The van der Waals surface area contributed by atoms with E-state index in [-0.39, 0.29) is 11.1 Å². The molecule has 1 saturated heterocycles. The lowest BCUT2D eigenvalue weighted by Gasteiger charge is -2.05. The molecule has 1 N–H and O–H groups in total. The van der Waals surface area contributed by atoms with Gasteiger partial charge in [0, 0.05) is 0 Å². The van der Waals surface area contributed by atoms with E-state index in [2.05, 4.69) is 5.32 Å². The van der Waals surface area contributed by atoms with Gasteiger partial charge in [-0.2, -0.15) is 0 Å². The third-order valence-corrected chi connectivity index (χ3v) is 3.30. The number of imide groups is 1. The molecule has 1 aliphatic heterocycles. The molecular formula is C12H10ClNO3S. The molecule has 0 aliphatic carbocycles. The fourth-order valence-corrected chi connectivity index (χ4v) is 2.38. The minimum absolute atomic E-state index is 0.358. The molecule has 0 saturated carbocycles. The van der Waals surface area contributed by atoms with E-state index < -0.39 is 0 Å². The van der Waals surface area contributed by atoms with Crippen molar-refractivity contribution >= 4 is 40.6 Å². The summed E-state index contributed by atoms with van der Waals surface area (Å²) in [6.07, 6.45) is 1.62. The van der Waals surface area contributed by atoms with Gasteiger partial charge < -0.3 is 4.74 Å². The Kier molecular flexibility index (Phi) is 3.93. The van der Waals surface area contributed by atoms with Gasteiger partial charge in [0.15, 0.2) is 0 Å². The van der Waals surface area contributed by atoms with Crippen LogP contribution in [0.5, 0.6) is 5.75 Å². The molecule has 94 valence electrons. The summed E-state index contributed by atoms with van der Waals surface area (Å²) >= 11 is 6.91. The van der Waals surface area contributed by atoms with E-state index in [1.54, 1.807) is 24.3 Å². The average Bonchev–Trinajstić information content (AvgIpc) is 2.61. The highest BCUT2D eigenvalue weighted by Crippen LogP contribution is 2.29. The standard InChI is InChI=1S/C12H10ClNO3S/c1-2-17-9-4-3-7(5-8(9)13)6-10-11(15)14-12(16)18-10/h3-6H,2H2,1H3,(H,14,15,16)/b10-6+. The molecule has 2 rings (SSSR count). The number of hydrogen-bond acceptors (Lipinski definition) is 4. The van der Waals surface area contributed by atoms with Crippen LogP contribution in [0.3, 0.4) is 0 Å². The molecule has 0 bridgehead atoms. The van der Waals surface area contributed by atoms with Gasteiger partial charge in [0.1, 0.15) is 5.75 Å². The highest BCUT2D eigenvalue weighted by atomic mass is 35.5. The van der Waals surface area contributed by atoms with Crippen molar-refractivity contribution in [1.29, 1.82) is 0 Å². The number of benzene rings is 1. The Morgan fingerprint density at radius 3 is 2.78 bits per heavy atom. The lowest BCUT2D eigenvalue weighted by atomic mass is 10.2. The minimum atomic E-state index is -0.380. The fourth-order valence-electron chi connectivity index (χ4n) is 1.45. The van der Waals surface area contributed by atoms with Gasteiger partial charge in [0.2, 0.25) is 0 Å². The van der Waals surface area contributed by atoms with Gasteiger partial charge in [-0.15, -0.1) is 0 Å². The zero-order valence-corrected chi connectivity index (χ0v) is 11.1. The van der Waals surface area contributed by atoms with Crippen LogP contribution in [0, 0.1) is 0 Å². The molecule has 0 aromatic heterocycles. The maximum atomic E-state index is 11.4. The highest BCUT2D eigenvalue weighted by Gasteiger charge is 2.24. The van der Waals surface area contributed by atoms with Crippen molar-refractivity contribution in [2.24, 2.45) is 0 Å². The van der Waals surface area contributed by atoms with E-state index in [0.29, 0.717) is 22.3 Å². The monoisotopic (exact) mass is 283 g/mol. The van der Waals surface area contributed by atoms with Gasteiger partial charge >= 0.3 is 0 Å². The number of ether oxygens (including phenoxy) is 1. The summed E-state index contributed by atoms with van der Waals surface area (Å²) in [5, 5.41) is 2.31. The molecule has 1 aromatic carbocycles. The molecule has 1 aromatic rings. The molecule has 0 spiro atoms. The number of halogens is 1. The molecule has 1 heterocycles. The van der Waals surface area contributed by atoms with E-state index >= 15 is 0 Å². The predicted octanol–water partition coefficient (Wildman–Crippen LogP) is 3.06. The maximum absolute atomic E-state index is 11.4. The molecule has 1 aliphatic rings. The lowest BCUT2D eigenvalue weighted by Crippen LogP contribution is -2.17. The molecule has 1 fully saturated rings. The largest absolute Gasteiger partial charge is 0.492 e. The van der Waals surface area contributed by atoms with Gasteiger partial charge in [0.05, 0.1) is 16.5 Å². The first-order chi connectivity index (χ1) is 8.60. The Hall–Kier alpha value is -1.46. The van der Waals surface area contributed by atoms with Crippen molar-refractivity contribution in [1.82, 2.24) is 5.32 Å². The zero-order chi connectivity index (χ0) is 13.1. The van der Waals surface area contributed by atoms with E-state index in [1.807, 2.05) is 6.92 Å². The fraction of sp³-hybridized carbons (Fsp3) is 0.167. The number of rotatable bonds is 3. The van der Waals surface area contributed by atoms with Gasteiger partial charge in [0.25, 0.3) is 11.1 Å². The molecule has 18 heavy (non-hydrogen) atoms. The predicted molar refractivity (Wildman–Crippen MR) is 71.7 cm³/mol. The van der Waals surface area contributed by atoms with Crippen LogP contribution in [-0.2, 0) is 4.79 Å². The summed E-state index contributed by atoms with van der Waals surface area (Å²) in [5.41, 5.74) is 0.746. The van der Waals surface area contributed by atoms with Crippen LogP contribution in [0.2, 0.25) is 5.02 Å². The Morgan fingerprint density at radius 2 is 2.22 bits per heavy atom. The Balaban J connectivity index is 2.25. The van der Waals surface area contributed by atoms with Crippen molar-refractivity contribution < 1.29 is 14.3 Å². The molecule has 0 atom stereocenters. The Morgan fingerprint density at radius 1 is 1.44 bits per heavy atom. The SMILES string of the molecule is CCOc1ccc(/C=C2/SC(=O)NC2=O)cc1Cl. The number of hydrogen-bond donors (Lipinski definition) is 1. The van der Waals surface area contributed by atoms with Crippen LogP contribution in [-0.4, -0.2) is 17.8 Å². The third-order valence-electron chi connectivity index (χ3n) is 2.20. The number of amides is 2. The first kappa shape index (κ1) is 13.0. The van der Waals surface area contributed by atoms with Crippen molar-refractivity contribution in [2.45, 2.75) is 6.92 Å². The quantitative estimate of drug-likeness (QED) is 0.866. The Bertz CT molecular complexity index is 542. The smallest absolute Gasteiger partial charge is 0.290 e. The van der Waals surface area contributed by atoms with E-state index in [0.717, 1.165) is 17.3 Å². The maximum Gasteiger partial charge on any atom is 0.290 e. The van der Waals surface area contributed by atoms with Crippen molar-refractivity contribution in [2.75, 3.05) is 6.61 Å². The molecule has 0 radical (unpaired) electrons. The summed E-state index contributed by atoms with van der Waals surface area (Å²) in [4.78, 5) is 22.7. The number of carbonyl (C=O) groups excluding carboxylic acids is 2. The van der Waals surface area contributed by atoms with E-state index in [4.69, 9.17) is 16.3 Å². The first-order valence-electron chi connectivity index (χ1n) is 5.27. The van der Waals surface area contributed by atoms with Crippen molar-refractivity contribution in [3.8, 4) is 5.75 Å². The molecule has 6 heteroatoms. The van der Waals surface area contributed by atoms with Crippen LogP contribution >= 0.6 is 23.4 Å². The van der Waals surface area contributed by atoms with Crippen LogP contribution in [0.4, 0.5) is 4.79 Å². The summed E-state index contributed by atoms with van der Waals surface area (Å²) in [6, 6.07) is 5.20. The molecule has 4 nitrogen and oxygen atoms in total. The van der Waals surface area contributed by atoms with Gasteiger partial charge in [-0.05, 0) is 42.5 Å². The second kappa shape index (κ2) is 5.46. The zero-order valence-electron chi connectivity index (χ0n) is 9.53. The van der Waals surface area contributed by atoms with Crippen LogP contribution in [0.25, 0.3) is 6.08 Å². The normalized spacial score (nSPS) is 17.1. The summed E-state index contributed by atoms with van der Waals surface area (Å²) in [5.74, 6) is 0.218. The molecular weight excluding hydrogens is 274 g/mol. The van der Waals surface area contributed by atoms with Crippen molar-refractivity contribution in [3.05, 3.63) is 33.7 Å². The highest BCUT2D eigenvalue weighted by molar-refractivity contribution is 8.18. The van der Waals surface area contributed by atoms with Gasteiger partial charge in [-0.3, -0.25) is 14.9 Å². The average molecular weight is 284 g/mol. The first-order valence-corrected chi connectivity index (χ1v) is 6.47. The number of thioether (sulfide) groups is 1. The summed E-state index contributed by atoms with van der Waals surface area (Å²) < 4.78 is 5.31. The van der Waals surface area contributed by atoms with Gasteiger partial charge in [-0.25, -0.2) is 0 Å². The second-order valence-corrected chi connectivity index (χ2v) is 4.90.